The Balaban J connectivity index is 1.44. The van der Waals surface area contributed by atoms with Crippen molar-refractivity contribution >= 4 is 11.8 Å². The van der Waals surface area contributed by atoms with Crippen LogP contribution in [0.25, 0.3) is 0 Å². The Morgan fingerprint density at radius 1 is 0.393 bits per heavy atom. The predicted molar refractivity (Wildman–Crippen MR) is 243 cm³/mol. The average Bonchev–Trinajstić information content (AvgIpc) is 3.20. The molecule has 0 N–H and O–H groups in total. The van der Waals surface area contributed by atoms with Crippen LogP contribution in [0.4, 0.5) is 0 Å². The standard InChI is InChI=1S/C50H94N4O2/c1-5-7-9-11-13-15-17-19-21-23-25-27-29-31-33-37-49(55)51-39-45-53(3,46-40-51)43-35-36-44-54(4)47-41-52(42-48-54)50(56)38-34-32-30-28-26-24-22-20-18-16-14-12-10-8-6-2/h19-22,35-36H,5-18,23-34,37-48H2,1-4H3/q+2/b21-19-,22-20-,36-35-. The summed E-state index contributed by atoms with van der Waals surface area (Å²) in [6.07, 6.45) is 49.4. The van der Waals surface area contributed by atoms with Crippen molar-refractivity contribution in [2.75, 3.05) is 79.5 Å². The molecule has 324 valence electrons. The van der Waals surface area contributed by atoms with Crippen LogP contribution in [0, 0.1) is 0 Å². The van der Waals surface area contributed by atoms with Crippen LogP contribution in [0.15, 0.2) is 36.5 Å². The van der Waals surface area contributed by atoms with Crippen LogP contribution in [0.2, 0.25) is 0 Å². The van der Waals surface area contributed by atoms with Gasteiger partial charge in [-0.15, -0.1) is 0 Å². The van der Waals surface area contributed by atoms with Gasteiger partial charge in [-0.1, -0.05) is 141 Å². The molecule has 0 radical (unpaired) electrons. The van der Waals surface area contributed by atoms with Crippen LogP contribution >= 0.6 is 0 Å². The fourth-order valence-corrected chi connectivity index (χ4v) is 8.43. The minimum absolute atomic E-state index is 0.368. The number of unbranched alkanes of at least 4 members (excludes halogenated alkanes) is 22. The molecule has 2 heterocycles. The second-order valence-electron chi connectivity index (χ2n) is 18.4. The molecule has 0 atom stereocenters. The molecule has 2 aliphatic heterocycles. The summed E-state index contributed by atoms with van der Waals surface area (Å²) in [5.41, 5.74) is 0. The molecule has 2 aliphatic rings. The van der Waals surface area contributed by atoms with Crippen molar-refractivity contribution in [2.24, 2.45) is 0 Å². The molecular formula is C50H94N4O2+2. The Bertz CT molecular complexity index is 969. The van der Waals surface area contributed by atoms with Gasteiger partial charge in [-0.3, -0.25) is 9.59 Å². The summed E-state index contributed by atoms with van der Waals surface area (Å²) in [6, 6.07) is 0. The van der Waals surface area contributed by atoms with Crippen LogP contribution in [0.3, 0.4) is 0 Å². The van der Waals surface area contributed by atoms with Gasteiger partial charge in [-0.2, -0.15) is 0 Å². The quantitative estimate of drug-likeness (QED) is 0.0371. The lowest BCUT2D eigenvalue weighted by Crippen LogP contribution is -2.59. The van der Waals surface area contributed by atoms with Gasteiger partial charge in [-0.25, -0.2) is 0 Å². The van der Waals surface area contributed by atoms with Crippen molar-refractivity contribution in [3.63, 3.8) is 0 Å². The fraction of sp³-hybridized carbons (Fsp3) is 0.840. The van der Waals surface area contributed by atoms with E-state index in [9.17, 15) is 9.59 Å². The smallest absolute Gasteiger partial charge is 0.222 e. The Morgan fingerprint density at radius 2 is 0.661 bits per heavy atom. The van der Waals surface area contributed by atoms with E-state index in [0.29, 0.717) is 11.8 Å². The summed E-state index contributed by atoms with van der Waals surface area (Å²) < 4.78 is 2.05. The number of piperazine rings is 2. The predicted octanol–water partition coefficient (Wildman–Crippen LogP) is 12.2. The van der Waals surface area contributed by atoms with E-state index in [0.717, 1.165) is 100 Å². The monoisotopic (exact) mass is 783 g/mol. The largest absolute Gasteiger partial charge is 0.331 e. The number of hydrogen-bond acceptors (Lipinski definition) is 2. The zero-order valence-electron chi connectivity index (χ0n) is 37.9. The van der Waals surface area contributed by atoms with Gasteiger partial charge in [-0.05, 0) is 76.4 Å². The molecule has 0 unspecified atom stereocenters. The second-order valence-corrected chi connectivity index (χ2v) is 18.4. The summed E-state index contributed by atoms with van der Waals surface area (Å²) in [7, 11) is 4.71. The number of allylic oxidation sites excluding steroid dienone is 4. The summed E-state index contributed by atoms with van der Waals surface area (Å²) >= 11 is 0. The Labute approximate surface area is 348 Å². The van der Waals surface area contributed by atoms with Gasteiger partial charge in [0.05, 0.1) is 79.5 Å². The molecule has 2 rings (SSSR count). The summed E-state index contributed by atoms with van der Waals surface area (Å²) in [5, 5.41) is 0. The first-order valence-corrected chi connectivity index (χ1v) is 24.5. The number of nitrogens with zero attached hydrogens (tertiary/aromatic N) is 4. The molecule has 0 saturated carbocycles. The van der Waals surface area contributed by atoms with E-state index >= 15 is 0 Å². The molecule has 0 aliphatic carbocycles. The topological polar surface area (TPSA) is 40.6 Å². The molecule has 6 heteroatoms. The lowest BCUT2D eigenvalue weighted by atomic mass is 10.1. The van der Waals surface area contributed by atoms with E-state index < -0.39 is 0 Å². The lowest BCUT2D eigenvalue weighted by molar-refractivity contribution is -0.909. The van der Waals surface area contributed by atoms with Crippen LogP contribution in [0.1, 0.15) is 194 Å². The molecule has 2 saturated heterocycles. The van der Waals surface area contributed by atoms with Crippen LogP contribution < -0.4 is 0 Å². The normalized spacial score (nSPS) is 17.2. The fourth-order valence-electron chi connectivity index (χ4n) is 8.43. The van der Waals surface area contributed by atoms with E-state index in [1.54, 1.807) is 0 Å². The number of quaternary nitrogens is 2. The number of amides is 2. The summed E-state index contributed by atoms with van der Waals surface area (Å²) in [5.74, 6) is 0.735. The number of carbonyl (C=O) groups excluding carboxylic acids is 2. The number of hydrogen-bond donors (Lipinski definition) is 0. The van der Waals surface area contributed by atoms with E-state index in [2.05, 4.69) is 74.2 Å². The van der Waals surface area contributed by atoms with Crippen molar-refractivity contribution in [1.29, 1.82) is 0 Å². The average molecular weight is 783 g/mol. The molecule has 0 aromatic carbocycles. The number of carbonyl (C=O) groups is 2. The van der Waals surface area contributed by atoms with Crippen LogP contribution in [-0.2, 0) is 9.59 Å². The van der Waals surface area contributed by atoms with Gasteiger partial charge in [0.2, 0.25) is 11.8 Å². The third-order valence-electron chi connectivity index (χ3n) is 12.9. The first-order valence-electron chi connectivity index (χ1n) is 24.5. The van der Waals surface area contributed by atoms with Crippen LogP contribution in [-0.4, -0.2) is 110 Å². The van der Waals surface area contributed by atoms with Crippen LogP contribution in [0.5, 0.6) is 0 Å². The molecule has 6 nitrogen and oxygen atoms in total. The van der Waals surface area contributed by atoms with Crippen molar-refractivity contribution in [3.05, 3.63) is 36.5 Å². The minimum atomic E-state index is 0.368. The highest BCUT2D eigenvalue weighted by molar-refractivity contribution is 5.76. The van der Waals surface area contributed by atoms with Crippen molar-refractivity contribution < 1.29 is 18.6 Å². The molecule has 0 spiro atoms. The molecule has 0 bridgehead atoms. The number of rotatable bonds is 34. The van der Waals surface area contributed by atoms with Gasteiger partial charge < -0.3 is 18.8 Å². The van der Waals surface area contributed by atoms with Gasteiger partial charge in [0.1, 0.15) is 0 Å². The Hall–Kier alpha value is -1.92. The zero-order chi connectivity index (χ0) is 40.4. The Morgan fingerprint density at radius 3 is 0.964 bits per heavy atom. The van der Waals surface area contributed by atoms with Gasteiger partial charge in [0.25, 0.3) is 0 Å². The van der Waals surface area contributed by atoms with Gasteiger partial charge >= 0.3 is 0 Å². The van der Waals surface area contributed by atoms with Gasteiger partial charge in [0, 0.05) is 12.8 Å². The minimum Gasteiger partial charge on any atom is -0.331 e. The van der Waals surface area contributed by atoms with Crippen molar-refractivity contribution in [2.45, 2.75) is 194 Å². The van der Waals surface area contributed by atoms with E-state index in [-0.39, 0.29) is 0 Å². The third-order valence-corrected chi connectivity index (χ3v) is 12.9. The second kappa shape index (κ2) is 33.0. The van der Waals surface area contributed by atoms with E-state index in [1.165, 1.54) is 154 Å². The first kappa shape index (κ1) is 50.2. The first-order chi connectivity index (χ1) is 27.3. The highest BCUT2D eigenvalue weighted by Crippen LogP contribution is 2.17. The molecule has 2 fully saturated rings. The van der Waals surface area contributed by atoms with Crippen molar-refractivity contribution in [1.82, 2.24) is 9.80 Å². The SMILES string of the molecule is CCCCCCCC/C=C\CCCCCCCC(=O)N1CC[N+](C)(C/C=C\C[N+]2(C)CCN(C(=O)CCCCCCC/C=C\CCCCCCCC)CC2)CC1. The summed E-state index contributed by atoms with van der Waals surface area (Å²) in [4.78, 5) is 30.1. The number of likely N-dealkylation sites (N-methyl/N-ethyl adjacent to an activating group) is 2. The molecule has 0 aromatic heterocycles. The molecule has 56 heavy (non-hydrogen) atoms. The van der Waals surface area contributed by atoms with Gasteiger partial charge in [0.15, 0.2) is 0 Å². The molecule has 0 aromatic rings. The highest BCUT2D eigenvalue weighted by atomic mass is 16.2. The third kappa shape index (κ3) is 25.4. The van der Waals surface area contributed by atoms with E-state index in [1.807, 2.05) is 0 Å². The maximum absolute atomic E-state index is 12.9. The van der Waals surface area contributed by atoms with Crippen molar-refractivity contribution in [3.8, 4) is 0 Å². The maximum atomic E-state index is 12.9. The lowest BCUT2D eigenvalue weighted by Gasteiger charge is -2.42. The van der Waals surface area contributed by atoms with E-state index in [4.69, 9.17) is 0 Å². The zero-order valence-corrected chi connectivity index (χ0v) is 37.9. The Kier molecular flexibility index (Phi) is 29.6. The molecule has 2 amide bonds. The highest BCUT2D eigenvalue weighted by Gasteiger charge is 2.31. The molecular weight excluding hydrogens is 689 g/mol. The maximum Gasteiger partial charge on any atom is 0.222 e. The summed E-state index contributed by atoms with van der Waals surface area (Å²) in [6.45, 7) is 14.4.